The van der Waals surface area contributed by atoms with Crippen LogP contribution in [0.1, 0.15) is 78.6 Å². The van der Waals surface area contributed by atoms with Gasteiger partial charge in [0.15, 0.2) is 0 Å². The Morgan fingerprint density at radius 3 is 2.45 bits per heavy atom. The molecule has 0 aromatic rings. The molecule has 4 fully saturated rings. The molecule has 5 nitrogen and oxygen atoms in total. The predicted octanol–water partition coefficient (Wildman–Crippen LogP) is 3.45. The van der Waals surface area contributed by atoms with Gasteiger partial charge in [-0.05, 0) is 97.7 Å². The lowest BCUT2D eigenvalue weighted by Crippen LogP contribution is -2.62. The molecule has 4 rings (SSSR count). The van der Waals surface area contributed by atoms with Crippen LogP contribution in [-0.2, 0) is 4.79 Å². The van der Waals surface area contributed by atoms with Crippen molar-refractivity contribution < 1.29 is 25.2 Å². The van der Waals surface area contributed by atoms with Gasteiger partial charge in [0.25, 0.3) is 0 Å². The van der Waals surface area contributed by atoms with Crippen molar-refractivity contribution in [1.29, 1.82) is 0 Å². The molecule has 0 amide bonds. The van der Waals surface area contributed by atoms with Gasteiger partial charge in [-0.3, -0.25) is 4.79 Å². The molecule has 0 spiro atoms. The number of aliphatic hydroxyl groups excluding tert-OH is 3. The Hall–Kier alpha value is -0.650. The van der Waals surface area contributed by atoms with E-state index in [1.807, 2.05) is 0 Å². The maximum Gasteiger partial charge on any atom is 0.303 e. The van der Waals surface area contributed by atoms with Crippen LogP contribution in [0.15, 0.2) is 0 Å². The first-order valence-corrected chi connectivity index (χ1v) is 11.8. The zero-order chi connectivity index (χ0) is 21.1. The molecule has 0 unspecified atom stereocenters. The summed E-state index contributed by atoms with van der Waals surface area (Å²) in [5.74, 6) is 0.997. The van der Waals surface area contributed by atoms with Crippen molar-refractivity contribution in [2.24, 2.45) is 46.3 Å². The van der Waals surface area contributed by atoms with E-state index in [0.29, 0.717) is 30.1 Å². The van der Waals surface area contributed by atoms with Gasteiger partial charge in [-0.2, -0.15) is 0 Å². The van der Waals surface area contributed by atoms with Gasteiger partial charge in [0, 0.05) is 6.42 Å². The van der Waals surface area contributed by atoms with E-state index < -0.39 is 12.1 Å². The monoisotopic (exact) mass is 408 g/mol. The Bertz CT molecular complexity index is 637. The first-order valence-electron chi connectivity index (χ1n) is 11.8. The summed E-state index contributed by atoms with van der Waals surface area (Å²) in [7, 11) is 0. The number of aliphatic hydroxyl groups is 3. The summed E-state index contributed by atoms with van der Waals surface area (Å²) in [5.41, 5.74) is -0.143. The van der Waals surface area contributed by atoms with E-state index in [2.05, 4.69) is 20.8 Å². The second-order valence-corrected chi connectivity index (χ2v) is 11.4. The molecule has 0 saturated heterocycles. The van der Waals surface area contributed by atoms with Crippen molar-refractivity contribution in [2.45, 2.75) is 96.9 Å². The number of hydrogen-bond donors (Lipinski definition) is 4. The number of aliphatic carboxylic acids is 1. The number of carbonyl (C=O) groups is 1. The fraction of sp³-hybridized carbons (Fsp3) is 0.958. The zero-order valence-corrected chi connectivity index (χ0v) is 18.3. The number of rotatable bonds is 4. The van der Waals surface area contributed by atoms with Crippen molar-refractivity contribution in [3.05, 3.63) is 0 Å². The van der Waals surface area contributed by atoms with Gasteiger partial charge in [0.05, 0.1) is 18.3 Å². The third kappa shape index (κ3) is 3.27. The molecule has 5 heteroatoms. The Labute approximate surface area is 174 Å². The maximum absolute atomic E-state index is 11.5. The summed E-state index contributed by atoms with van der Waals surface area (Å²) in [6, 6.07) is 0. The van der Waals surface area contributed by atoms with E-state index in [1.54, 1.807) is 0 Å². The summed E-state index contributed by atoms with van der Waals surface area (Å²) in [6.07, 6.45) is 6.00. The average molecular weight is 409 g/mol. The summed E-state index contributed by atoms with van der Waals surface area (Å²) in [6.45, 7) is 6.72. The Morgan fingerprint density at radius 1 is 1.03 bits per heavy atom. The lowest BCUT2D eigenvalue weighted by atomic mass is 9.43. The zero-order valence-electron chi connectivity index (χ0n) is 18.3. The van der Waals surface area contributed by atoms with E-state index in [0.717, 1.165) is 44.9 Å². The van der Waals surface area contributed by atoms with Crippen LogP contribution in [0.2, 0.25) is 0 Å². The molecule has 0 heterocycles. The third-order valence-corrected chi connectivity index (χ3v) is 10.3. The summed E-state index contributed by atoms with van der Waals surface area (Å²) < 4.78 is 0. The standard InChI is InChI=1S/C24H40O5/c1-13(4-7-21(28)29)16-5-6-17-22-18(12-20(27)24(16,17)3)23(2)9-8-15(25)10-14(23)11-19(22)26/h13-20,22,25-27H,4-12H2,1-3H3,(H,28,29)/t13-,14+,15-,16-,17+,18-,19-,20+,22+,23+,24-/m1/s1. The summed E-state index contributed by atoms with van der Waals surface area (Å²) >= 11 is 0. The SMILES string of the molecule is C[C@H](CCC(=O)O)[C@H]1CC[C@H]2[C@@H]3[C@H](O)C[C@@H]4C[C@H](O)CC[C@]4(C)[C@@H]3C[C@H](O)[C@]12C. The van der Waals surface area contributed by atoms with Gasteiger partial charge in [0.1, 0.15) is 0 Å². The van der Waals surface area contributed by atoms with Crippen molar-refractivity contribution in [3.63, 3.8) is 0 Å². The van der Waals surface area contributed by atoms with Crippen LogP contribution in [-0.4, -0.2) is 44.7 Å². The molecule has 0 radical (unpaired) electrons. The van der Waals surface area contributed by atoms with Gasteiger partial charge in [0.2, 0.25) is 0 Å². The van der Waals surface area contributed by atoms with Crippen LogP contribution in [0.4, 0.5) is 0 Å². The van der Waals surface area contributed by atoms with Gasteiger partial charge in [-0.15, -0.1) is 0 Å². The van der Waals surface area contributed by atoms with Crippen LogP contribution in [0, 0.1) is 46.3 Å². The van der Waals surface area contributed by atoms with Crippen molar-refractivity contribution >= 4 is 5.97 Å². The molecular formula is C24H40O5. The highest BCUT2D eigenvalue weighted by atomic mass is 16.4. The lowest BCUT2D eigenvalue weighted by molar-refractivity contribution is -0.207. The van der Waals surface area contributed by atoms with E-state index >= 15 is 0 Å². The molecular weight excluding hydrogens is 368 g/mol. The molecule has 0 aromatic carbocycles. The highest BCUT2D eigenvalue weighted by Gasteiger charge is 2.65. The quantitative estimate of drug-likeness (QED) is 0.571. The lowest BCUT2D eigenvalue weighted by Gasteiger charge is -2.63. The molecule has 4 N–H and O–H groups in total. The summed E-state index contributed by atoms with van der Waals surface area (Å²) in [4.78, 5) is 11.1. The van der Waals surface area contributed by atoms with Gasteiger partial charge in [-0.25, -0.2) is 0 Å². The van der Waals surface area contributed by atoms with Gasteiger partial charge >= 0.3 is 5.97 Å². The Morgan fingerprint density at radius 2 is 1.76 bits per heavy atom. The molecule has 29 heavy (non-hydrogen) atoms. The van der Waals surface area contributed by atoms with Crippen LogP contribution in [0.3, 0.4) is 0 Å². The molecule has 0 aliphatic heterocycles. The minimum absolute atomic E-state index is 0.0957. The molecule has 11 atom stereocenters. The number of fused-ring (bicyclic) bond motifs is 5. The Kier molecular flexibility index (Phi) is 5.57. The van der Waals surface area contributed by atoms with E-state index in [9.17, 15) is 20.1 Å². The van der Waals surface area contributed by atoms with Gasteiger partial charge in [-0.1, -0.05) is 20.8 Å². The van der Waals surface area contributed by atoms with E-state index in [-0.39, 0.29) is 41.3 Å². The van der Waals surface area contributed by atoms with Gasteiger partial charge < -0.3 is 20.4 Å². The topological polar surface area (TPSA) is 98.0 Å². The minimum atomic E-state index is -0.748. The van der Waals surface area contributed by atoms with E-state index in [1.165, 1.54) is 0 Å². The second kappa shape index (κ2) is 7.49. The van der Waals surface area contributed by atoms with Crippen LogP contribution in [0.5, 0.6) is 0 Å². The maximum atomic E-state index is 11.5. The van der Waals surface area contributed by atoms with Crippen molar-refractivity contribution in [1.82, 2.24) is 0 Å². The highest BCUT2D eigenvalue weighted by Crippen LogP contribution is 2.68. The van der Waals surface area contributed by atoms with Crippen LogP contribution < -0.4 is 0 Å². The molecule has 4 aliphatic carbocycles. The highest BCUT2D eigenvalue weighted by molar-refractivity contribution is 5.66. The molecule has 0 aromatic heterocycles. The average Bonchev–Trinajstić information content (AvgIpc) is 3.01. The number of carboxylic acids is 1. The summed E-state index contributed by atoms with van der Waals surface area (Å²) in [5, 5.41) is 42.0. The first kappa shape index (κ1) is 21.6. The second-order valence-electron chi connectivity index (χ2n) is 11.4. The smallest absolute Gasteiger partial charge is 0.303 e. The predicted molar refractivity (Wildman–Crippen MR) is 110 cm³/mol. The third-order valence-electron chi connectivity index (χ3n) is 10.3. The Balaban J connectivity index is 1.61. The molecule has 4 saturated carbocycles. The molecule has 166 valence electrons. The first-order chi connectivity index (χ1) is 13.6. The number of hydrogen-bond acceptors (Lipinski definition) is 4. The largest absolute Gasteiger partial charge is 0.481 e. The minimum Gasteiger partial charge on any atom is -0.481 e. The molecule has 0 bridgehead atoms. The molecule has 4 aliphatic rings. The van der Waals surface area contributed by atoms with E-state index in [4.69, 9.17) is 5.11 Å². The normalized spacial score (nSPS) is 52.9. The van der Waals surface area contributed by atoms with Crippen molar-refractivity contribution in [2.75, 3.05) is 0 Å². The van der Waals surface area contributed by atoms with Crippen LogP contribution in [0.25, 0.3) is 0 Å². The fourth-order valence-electron chi connectivity index (χ4n) is 8.68. The fourth-order valence-corrected chi connectivity index (χ4v) is 8.68. The van der Waals surface area contributed by atoms with Crippen molar-refractivity contribution in [3.8, 4) is 0 Å². The number of carboxylic acid groups (broad SMARTS) is 1. The van der Waals surface area contributed by atoms with Crippen LogP contribution >= 0.6 is 0 Å².